The number of nitrogens with one attached hydrogen (secondary N) is 1. The maximum atomic E-state index is 13.9. The normalized spacial score (nSPS) is 33.6. The van der Waals surface area contributed by atoms with Crippen molar-refractivity contribution in [3.63, 3.8) is 0 Å². The molecule has 9 heteroatoms. The number of methoxy groups -OCH3 is 1. The van der Waals surface area contributed by atoms with Gasteiger partial charge in [0, 0.05) is 36.2 Å². The molecule has 6 aliphatic rings. The first-order valence-corrected chi connectivity index (χ1v) is 15.3. The van der Waals surface area contributed by atoms with Gasteiger partial charge in [0.15, 0.2) is 11.5 Å². The quantitative estimate of drug-likeness (QED) is 0.272. The fraction of sp³-hybridized carbons (Fsp3) is 0.606. The maximum Gasteiger partial charge on any atom is 0.247 e. The van der Waals surface area contributed by atoms with Crippen LogP contribution in [0.5, 0.6) is 11.5 Å². The molecular formula is C33H42N2O7. The Balaban J connectivity index is 1.41. The van der Waals surface area contributed by atoms with Crippen LogP contribution in [0.4, 0.5) is 0 Å². The predicted octanol–water partition coefficient (Wildman–Crippen LogP) is 3.14. The van der Waals surface area contributed by atoms with E-state index in [1.165, 1.54) is 26.4 Å². The average Bonchev–Trinajstić information content (AvgIpc) is 3.36. The van der Waals surface area contributed by atoms with Crippen LogP contribution in [0.25, 0.3) is 0 Å². The van der Waals surface area contributed by atoms with Crippen molar-refractivity contribution >= 4 is 18.1 Å². The Labute approximate surface area is 246 Å². The summed E-state index contributed by atoms with van der Waals surface area (Å²) < 4.78 is 11.9. The summed E-state index contributed by atoms with van der Waals surface area (Å²) in [6.07, 6.45) is 10.1. The van der Waals surface area contributed by atoms with Gasteiger partial charge in [0.1, 0.15) is 18.5 Å². The van der Waals surface area contributed by atoms with Gasteiger partial charge in [-0.15, -0.1) is 6.58 Å². The molecule has 3 N–H and O–H groups in total. The van der Waals surface area contributed by atoms with E-state index in [1.54, 1.807) is 24.3 Å². The van der Waals surface area contributed by atoms with Crippen LogP contribution in [-0.2, 0) is 9.59 Å². The van der Waals surface area contributed by atoms with Crippen LogP contribution in [0.15, 0.2) is 36.4 Å². The largest absolute Gasteiger partial charge is 0.493 e. The molecule has 4 atom stereocenters. The van der Waals surface area contributed by atoms with Crippen LogP contribution < -0.4 is 14.8 Å². The standard InChI is InChI=1S/C33H42N2O7/c1-3-4-5-27(38)35(18-33-14-19-8-20(15-33)10-21(9-19)16-33)25-13-24(32(40)34-6-7-36)28-23-11-22(17-37)12-26(41-2)30(23)42-31(28)29(25)39/h3,11-13,17,19-21,25,28-29,31,36,39H,1,4-10,14-16,18H2,2H3,(H,34,40). The van der Waals surface area contributed by atoms with Crippen LogP contribution in [0.2, 0.25) is 0 Å². The van der Waals surface area contributed by atoms with Crippen LogP contribution in [0.1, 0.15) is 73.2 Å². The number of amides is 2. The number of carbonyl (C=O) groups excluding carboxylic acids is 3. The molecule has 1 aromatic rings. The minimum absolute atomic E-state index is 0.0177. The van der Waals surface area contributed by atoms with Crippen molar-refractivity contribution in [2.45, 2.75) is 75.5 Å². The zero-order valence-electron chi connectivity index (χ0n) is 24.3. The van der Waals surface area contributed by atoms with E-state index in [4.69, 9.17) is 9.47 Å². The fourth-order valence-corrected chi connectivity index (χ4v) is 9.13. The molecule has 2 amide bonds. The Morgan fingerprint density at radius 2 is 1.88 bits per heavy atom. The minimum atomic E-state index is -1.12. The van der Waals surface area contributed by atoms with E-state index in [9.17, 15) is 24.6 Å². The summed E-state index contributed by atoms with van der Waals surface area (Å²) in [6.45, 7) is 4.17. The Bertz CT molecular complexity index is 1250. The van der Waals surface area contributed by atoms with Crippen LogP contribution in [0, 0.1) is 23.2 Å². The van der Waals surface area contributed by atoms with Crippen molar-refractivity contribution in [3.8, 4) is 11.5 Å². The Hall–Kier alpha value is -3.17. The monoisotopic (exact) mass is 578 g/mol. The first kappa shape index (κ1) is 28.9. The van der Waals surface area contributed by atoms with Gasteiger partial charge in [-0.2, -0.15) is 0 Å². The zero-order valence-corrected chi connectivity index (χ0v) is 24.3. The van der Waals surface area contributed by atoms with Gasteiger partial charge < -0.3 is 29.9 Å². The number of aliphatic hydroxyl groups is 2. The van der Waals surface area contributed by atoms with Crippen LogP contribution in [-0.4, -0.2) is 78.3 Å². The number of ether oxygens (including phenoxy) is 2. The summed E-state index contributed by atoms with van der Waals surface area (Å²) in [4.78, 5) is 41.1. The van der Waals surface area contributed by atoms with Gasteiger partial charge in [-0.1, -0.05) is 6.08 Å². The predicted molar refractivity (Wildman–Crippen MR) is 155 cm³/mol. The van der Waals surface area contributed by atoms with Gasteiger partial charge in [-0.05, 0) is 86.3 Å². The third-order valence-corrected chi connectivity index (χ3v) is 10.3. The van der Waals surface area contributed by atoms with E-state index in [1.807, 2.05) is 4.90 Å². The lowest BCUT2D eigenvalue weighted by Gasteiger charge is -2.58. The van der Waals surface area contributed by atoms with Gasteiger partial charge in [-0.3, -0.25) is 14.4 Å². The summed E-state index contributed by atoms with van der Waals surface area (Å²) in [7, 11) is 1.48. The molecule has 42 heavy (non-hydrogen) atoms. The molecule has 4 fully saturated rings. The number of fused-ring (bicyclic) bond motifs is 3. The summed E-state index contributed by atoms with van der Waals surface area (Å²) in [5.74, 6) is 1.66. The van der Waals surface area contributed by atoms with Gasteiger partial charge >= 0.3 is 0 Å². The van der Waals surface area contributed by atoms with Gasteiger partial charge in [0.05, 0.1) is 25.7 Å². The number of rotatable bonds is 11. The highest BCUT2D eigenvalue weighted by Crippen LogP contribution is 2.60. The molecule has 226 valence electrons. The second-order valence-electron chi connectivity index (χ2n) is 13.2. The first-order chi connectivity index (χ1) is 20.3. The molecule has 4 unspecified atom stereocenters. The van der Waals surface area contributed by atoms with Gasteiger partial charge in [0.25, 0.3) is 0 Å². The van der Waals surface area contributed by atoms with E-state index in [0.717, 1.165) is 19.3 Å². The number of nitrogens with zero attached hydrogens (tertiary/aromatic N) is 1. The highest BCUT2D eigenvalue weighted by atomic mass is 16.5. The van der Waals surface area contributed by atoms with E-state index in [2.05, 4.69) is 11.9 Å². The Morgan fingerprint density at radius 1 is 1.19 bits per heavy atom. The first-order valence-electron chi connectivity index (χ1n) is 15.3. The van der Waals surface area contributed by atoms with E-state index < -0.39 is 30.1 Å². The van der Waals surface area contributed by atoms with Gasteiger partial charge in [-0.25, -0.2) is 0 Å². The summed E-state index contributed by atoms with van der Waals surface area (Å²) in [6, 6.07) is 2.45. The molecule has 0 aromatic heterocycles. The van der Waals surface area contributed by atoms with Crippen molar-refractivity contribution in [3.05, 3.63) is 47.6 Å². The Morgan fingerprint density at radius 3 is 2.48 bits per heavy atom. The van der Waals surface area contributed by atoms with Crippen molar-refractivity contribution in [1.29, 1.82) is 0 Å². The molecule has 4 saturated carbocycles. The fourth-order valence-electron chi connectivity index (χ4n) is 9.13. The number of aliphatic hydroxyl groups excluding tert-OH is 2. The molecule has 0 spiro atoms. The maximum absolute atomic E-state index is 13.9. The van der Waals surface area contributed by atoms with Crippen molar-refractivity contribution in [2.24, 2.45) is 23.2 Å². The topological polar surface area (TPSA) is 125 Å². The van der Waals surface area contributed by atoms with Crippen LogP contribution >= 0.6 is 0 Å². The van der Waals surface area contributed by atoms with Crippen molar-refractivity contribution in [2.75, 3.05) is 26.8 Å². The molecule has 4 bridgehead atoms. The lowest BCUT2D eigenvalue weighted by atomic mass is 9.49. The highest BCUT2D eigenvalue weighted by Gasteiger charge is 2.55. The highest BCUT2D eigenvalue weighted by molar-refractivity contribution is 5.96. The number of hydrogen-bond donors (Lipinski definition) is 3. The molecule has 1 aliphatic heterocycles. The average molecular weight is 579 g/mol. The molecule has 7 rings (SSSR count). The van der Waals surface area contributed by atoms with E-state index >= 15 is 0 Å². The molecule has 1 heterocycles. The van der Waals surface area contributed by atoms with E-state index in [0.29, 0.717) is 65.2 Å². The minimum Gasteiger partial charge on any atom is -0.493 e. The second kappa shape index (κ2) is 11.5. The molecular weight excluding hydrogens is 536 g/mol. The summed E-state index contributed by atoms with van der Waals surface area (Å²) in [5, 5.41) is 24.1. The Kier molecular flexibility index (Phi) is 7.91. The van der Waals surface area contributed by atoms with E-state index in [-0.39, 0.29) is 30.9 Å². The van der Waals surface area contributed by atoms with Crippen molar-refractivity contribution < 1.29 is 34.1 Å². The molecule has 1 aromatic carbocycles. The van der Waals surface area contributed by atoms with Crippen LogP contribution in [0.3, 0.4) is 0 Å². The summed E-state index contributed by atoms with van der Waals surface area (Å²) in [5.41, 5.74) is 1.31. The summed E-state index contributed by atoms with van der Waals surface area (Å²) >= 11 is 0. The smallest absolute Gasteiger partial charge is 0.247 e. The second-order valence-corrected chi connectivity index (χ2v) is 13.2. The third kappa shape index (κ3) is 5.04. The SMILES string of the molecule is C=CCCC(=O)N(CC12CC3CC(CC(C3)C1)C2)C1C=C(C(=O)NCCO)C2c3cc(C=O)cc(OC)c3OC2C1O. The molecule has 5 aliphatic carbocycles. The van der Waals surface area contributed by atoms with Crippen molar-refractivity contribution in [1.82, 2.24) is 10.2 Å². The number of aldehydes is 1. The number of hydrogen-bond acceptors (Lipinski definition) is 7. The number of carbonyl (C=O) groups is 3. The van der Waals surface area contributed by atoms with Gasteiger partial charge in [0.2, 0.25) is 11.8 Å². The third-order valence-electron chi connectivity index (χ3n) is 10.3. The number of allylic oxidation sites excluding steroid dienone is 1. The molecule has 0 radical (unpaired) electrons. The zero-order chi connectivity index (χ0) is 29.6. The molecule has 0 saturated heterocycles. The number of benzene rings is 1. The molecule has 9 nitrogen and oxygen atoms in total. The lowest BCUT2D eigenvalue weighted by Crippen LogP contribution is -2.59. The lowest BCUT2D eigenvalue weighted by molar-refractivity contribution is -0.145.